The van der Waals surface area contributed by atoms with Gasteiger partial charge in [-0.25, -0.2) is 9.59 Å². The van der Waals surface area contributed by atoms with Gasteiger partial charge in [-0.05, 0) is 135 Å². The predicted octanol–water partition coefficient (Wildman–Crippen LogP) is 7.61. The van der Waals surface area contributed by atoms with Crippen LogP contribution in [0.4, 0.5) is 0 Å². The number of carbonyl (C=O) groups excluding carboxylic acids is 2. The minimum absolute atomic E-state index is 0.0463. The van der Waals surface area contributed by atoms with E-state index in [0.29, 0.717) is 12.8 Å². The Kier molecular flexibility index (Phi) is 10.8. The average molecular weight is 781 g/mol. The molecule has 2 amide bonds. The van der Waals surface area contributed by atoms with Gasteiger partial charge < -0.3 is 26.0 Å². The van der Waals surface area contributed by atoms with Crippen LogP contribution in [-0.4, -0.2) is 57.3 Å². The van der Waals surface area contributed by atoms with E-state index < -0.39 is 41.0 Å². The Bertz CT molecular complexity index is 1880. The highest BCUT2D eigenvalue weighted by molar-refractivity contribution is 5.89. The van der Waals surface area contributed by atoms with Gasteiger partial charge in [0, 0.05) is 12.8 Å². The molecule has 5 N–H and O–H groups in total. The molecule has 9 heteroatoms. The van der Waals surface area contributed by atoms with Gasteiger partial charge in [-0.15, -0.1) is 0 Å². The molecule has 5 aliphatic carbocycles. The highest BCUT2D eigenvalue weighted by atomic mass is 16.4. The number of amides is 2. The first-order valence-corrected chi connectivity index (χ1v) is 21.4. The van der Waals surface area contributed by atoms with Crippen molar-refractivity contribution in [3.8, 4) is 0 Å². The lowest BCUT2D eigenvalue weighted by molar-refractivity contribution is -0.246. The summed E-state index contributed by atoms with van der Waals surface area (Å²) in [5.74, 6) is -2.06. The van der Waals surface area contributed by atoms with E-state index in [4.69, 9.17) is 0 Å². The van der Waals surface area contributed by atoms with Crippen molar-refractivity contribution in [1.29, 1.82) is 0 Å². The number of fused-ring (bicyclic) bond motifs is 7. The van der Waals surface area contributed by atoms with E-state index in [0.717, 1.165) is 68.1 Å². The van der Waals surface area contributed by atoms with Crippen LogP contribution in [0, 0.1) is 56.7 Å². The van der Waals surface area contributed by atoms with Crippen LogP contribution in [-0.2, 0) is 32.0 Å². The Morgan fingerprint density at radius 3 is 1.79 bits per heavy atom. The number of benzene rings is 2. The van der Waals surface area contributed by atoms with Gasteiger partial charge in [0.25, 0.3) is 0 Å². The topological polar surface area (TPSA) is 153 Å². The van der Waals surface area contributed by atoms with E-state index in [-0.39, 0.29) is 70.5 Å². The summed E-state index contributed by atoms with van der Waals surface area (Å²) in [5, 5.41) is 38.2. The number of carbonyl (C=O) groups is 4. The highest BCUT2D eigenvalue weighted by Crippen LogP contribution is 2.77. The summed E-state index contributed by atoms with van der Waals surface area (Å²) in [6, 6.07) is 16.7. The molecule has 7 rings (SSSR count). The number of carboxylic acids is 2. The molecule has 0 heterocycles. The first-order chi connectivity index (χ1) is 26.9. The third kappa shape index (κ3) is 6.54. The zero-order valence-corrected chi connectivity index (χ0v) is 34.6. The van der Waals surface area contributed by atoms with Crippen LogP contribution in [0.25, 0.3) is 0 Å². The normalized spacial score (nSPS) is 39.2. The molecule has 0 unspecified atom stereocenters. The molecule has 13 atom stereocenters. The van der Waals surface area contributed by atoms with Crippen molar-refractivity contribution in [2.75, 3.05) is 0 Å². The minimum atomic E-state index is -1.16. The molecule has 5 aliphatic rings. The monoisotopic (exact) mass is 780 g/mol. The van der Waals surface area contributed by atoms with E-state index in [1.54, 1.807) is 0 Å². The third-order valence-corrected chi connectivity index (χ3v) is 17.4. The van der Waals surface area contributed by atoms with E-state index in [1.165, 1.54) is 0 Å². The maximum absolute atomic E-state index is 14.7. The molecule has 2 aromatic rings. The molecule has 308 valence electrons. The molecule has 0 saturated heterocycles. The first kappa shape index (κ1) is 41.2. The minimum Gasteiger partial charge on any atom is -0.480 e. The maximum atomic E-state index is 14.7. The molecular formula is C48H64N2O7. The molecule has 0 aliphatic heterocycles. The van der Waals surface area contributed by atoms with E-state index >= 15 is 0 Å². The molecule has 9 nitrogen and oxygen atoms in total. The second-order valence-corrected chi connectivity index (χ2v) is 19.8. The second-order valence-electron chi connectivity index (χ2n) is 19.8. The van der Waals surface area contributed by atoms with Crippen LogP contribution in [0.15, 0.2) is 72.8 Å². The smallest absolute Gasteiger partial charge is 0.326 e. The summed E-state index contributed by atoms with van der Waals surface area (Å²) in [6.07, 6.45) is 7.36. The Hall–Kier alpha value is -3.98. The molecule has 0 spiro atoms. The summed E-state index contributed by atoms with van der Waals surface area (Å²) in [7, 11) is 0. The van der Waals surface area contributed by atoms with Crippen LogP contribution in [0.1, 0.15) is 110 Å². The molecule has 0 bridgehead atoms. The summed E-state index contributed by atoms with van der Waals surface area (Å²) in [6.45, 7) is 15.7. The van der Waals surface area contributed by atoms with Gasteiger partial charge >= 0.3 is 11.9 Å². The number of carboxylic acid groups (broad SMARTS) is 2. The number of aliphatic hydroxyl groups is 1. The van der Waals surface area contributed by atoms with Gasteiger partial charge in [-0.3, -0.25) is 9.59 Å². The quantitative estimate of drug-likeness (QED) is 0.147. The Morgan fingerprint density at radius 1 is 0.684 bits per heavy atom. The van der Waals surface area contributed by atoms with Crippen molar-refractivity contribution >= 4 is 23.8 Å². The van der Waals surface area contributed by atoms with Gasteiger partial charge in [0.05, 0.1) is 16.9 Å². The predicted molar refractivity (Wildman–Crippen MR) is 219 cm³/mol. The van der Waals surface area contributed by atoms with E-state index in [9.17, 15) is 34.5 Å². The average Bonchev–Trinajstić information content (AvgIpc) is 3.58. The molecule has 5 saturated carbocycles. The van der Waals surface area contributed by atoms with Crippen LogP contribution in [0.2, 0.25) is 0 Å². The van der Waals surface area contributed by atoms with Crippen LogP contribution < -0.4 is 10.6 Å². The Labute approximate surface area is 338 Å². The zero-order chi connectivity index (χ0) is 41.1. The number of hydrogen-bond donors (Lipinski definition) is 5. The number of nitrogens with one attached hydrogen (secondary N) is 2. The molecular weight excluding hydrogens is 717 g/mol. The fourth-order valence-electron chi connectivity index (χ4n) is 14.2. The van der Waals surface area contributed by atoms with E-state index in [1.807, 2.05) is 67.6 Å². The van der Waals surface area contributed by atoms with Gasteiger partial charge in [0.2, 0.25) is 11.8 Å². The van der Waals surface area contributed by atoms with Crippen LogP contribution >= 0.6 is 0 Å². The number of hydrogen-bond acceptors (Lipinski definition) is 5. The summed E-state index contributed by atoms with van der Waals surface area (Å²) >= 11 is 0. The highest BCUT2D eigenvalue weighted by Gasteiger charge is 2.73. The summed E-state index contributed by atoms with van der Waals surface area (Å²) < 4.78 is 0. The van der Waals surface area contributed by atoms with Crippen molar-refractivity contribution in [3.05, 3.63) is 83.9 Å². The first-order valence-electron chi connectivity index (χ1n) is 21.4. The molecule has 0 radical (unpaired) electrons. The van der Waals surface area contributed by atoms with Crippen LogP contribution in [0.5, 0.6) is 0 Å². The fourth-order valence-corrected chi connectivity index (χ4v) is 14.2. The van der Waals surface area contributed by atoms with Gasteiger partial charge in [-0.2, -0.15) is 0 Å². The summed E-state index contributed by atoms with van der Waals surface area (Å²) in [5.41, 5.74) is 0.450. The third-order valence-electron chi connectivity index (χ3n) is 17.4. The zero-order valence-electron chi connectivity index (χ0n) is 34.6. The van der Waals surface area contributed by atoms with Crippen molar-refractivity contribution in [2.45, 2.75) is 130 Å². The fraction of sp³-hybridized carbons (Fsp3) is 0.625. The van der Waals surface area contributed by atoms with Crippen molar-refractivity contribution in [1.82, 2.24) is 10.6 Å². The lowest BCUT2D eigenvalue weighted by Crippen LogP contribution is -2.69. The second kappa shape index (κ2) is 15.0. The maximum Gasteiger partial charge on any atom is 0.326 e. The standard InChI is InChI=1S/C48H64N2O7/c1-29(2)32-19-24-48(43(57)50-35(41(54)55)28-31-15-11-8-12-16-31)26-25-45(4)33(39(32)48)17-18-36-44(3)22-21-38(51)47(6,37(44)20-23-46(36,45)5)42(56)49-34(40(52)53)27-30-13-9-7-10-14-30/h7-16,32-39,51H,1,17-28H2,2-6H3,(H,49,56)(H,50,57)(H,52,53)(H,54,55)/t32-,33+,34-,35-,36+,37+,38+,39+,44+,45+,46+,47-,48-/m0/s1. The number of aliphatic carboxylic acids is 2. The number of allylic oxidation sites excluding steroid dienone is 1. The van der Waals surface area contributed by atoms with Crippen molar-refractivity contribution < 1.29 is 34.5 Å². The van der Waals surface area contributed by atoms with Gasteiger partial charge in [-0.1, -0.05) is 93.6 Å². The molecule has 0 aromatic heterocycles. The summed E-state index contributed by atoms with van der Waals surface area (Å²) in [4.78, 5) is 54.3. The SMILES string of the molecule is C=C(C)[C@@H]1CC[C@]2(C(=O)N[C@@H](Cc3ccccc3)C(=O)O)CC[C@]3(C)[C@H](CC[C@@H]4[C@@]5(C)CC[C@@H](O)[C@@](C)(C(=O)N[C@@H](Cc6ccccc6)C(=O)O)[C@@H]5CC[C@]43C)[C@@H]12. The molecule has 2 aromatic carbocycles. The van der Waals surface area contributed by atoms with Crippen LogP contribution in [0.3, 0.4) is 0 Å². The lowest BCUT2D eigenvalue weighted by atomic mass is 9.32. The number of aliphatic hydroxyl groups excluding tert-OH is 1. The molecule has 5 fully saturated rings. The Morgan fingerprint density at radius 2 is 1.25 bits per heavy atom. The van der Waals surface area contributed by atoms with Crippen molar-refractivity contribution in [2.24, 2.45) is 56.7 Å². The van der Waals surface area contributed by atoms with Gasteiger partial charge in [0.1, 0.15) is 12.1 Å². The Balaban J connectivity index is 1.17. The molecule has 57 heavy (non-hydrogen) atoms. The van der Waals surface area contributed by atoms with E-state index in [2.05, 4.69) is 44.9 Å². The lowest BCUT2D eigenvalue weighted by Gasteiger charge is -2.72. The largest absolute Gasteiger partial charge is 0.480 e. The van der Waals surface area contributed by atoms with Gasteiger partial charge in [0.15, 0.2) is 0 Å². The number of rotatable bonds is 11. The van der Waals surface area contributed by atoms with Crippen molar-refractivity contribution in [3.63, 3.8) is 0 Å².